The van der Waals surface area contributed by atoms with Gasteiger partial charge in [-0.05, 0) is 20.8 Å². The molecular formula is C11H19N5O3. The van der Waals surface area contributed by atoms with Gasteiger partial charge in [-0.15, -0.1) is 0 Å². The second kappa shape index (κ2) is 5.79. The van der Waals surface area contributed by atoms with Crippen LogP contribution < -0.4 is 10.2 Å². The van der Waals surface area contributed by atoms with Crippen LogP contribution in [0.2, 0.25) is 0 Å². The van der Waals surface area contributed by atoms with Gasteiger partial charge in [-0.2, -0.15) is 4.98 Å². The number of hydrogen-bond donors (Lipinski definition) is 2. The second-order valence-electron chi connectivity index (χ2n) is 4.72. The molecule has 0 spiro atoms. The summed E-state index contributed by atoms with van der Waals surface area (Å²) in [6, 6.07) is 0. The minimum atomic E-state index is -0.664. The maximum atomic E-state index is 11.0. The van der Waals surface area contributed by atoms with E-state index in [0.717, 1.165) is 0 Å². The Morgan fingerprint density at radius 1 is 1.58 bits per heavy atom. The molecule has 8 heteroatoms. The van der Waals surface area contributed by atoms with Crippen molar-refractivity contribution in [3.05, 3.63) is 16.3 Å². The van der Waals surface area contributed by atoms with Gasteiger partial charge in [-0.1, -0.05) is 0 Å². The van der Waals surface area contributed by atoms with E-state index in [-0.39, 0.29) is 18.1 Å². The van der Waals surface area contributed by atoms with Gasteiger partial charge in [0.25, 0.3) is 0 Å². The number of rotatable bonds is 6. The summed E-state index contributed by atoms with van der Waals surface area (Å²) < 4.78 is 0. The van der Waals surface area contributed by atoms with E-state index >= 15 is 0 Å². The minimum absolute atomic E-state index is 0.152. The Morgan fingerprint density at radius 3 is 2.68 bits per heavy atom. The van der Waals surface area contributed by atoms with Gasteiger partial charge in [-0.3, -0.25) is 10.1 Å². The van der Waals surface area contributed by atoms with Gasteiger partial charge >= 0.3 is 5.69 Å². The number of likely N-dealkylation sites (N-methyl/N-ethyl adjacent to an activating group) is 1. The first kappa shape index (κ1) is 15.1. The summed E-state index contributed by atoms with van der Waals surface area (Å²) in [5.41, 5.74) is -0.853. The first-order valence-corrected chi connectivity index (χ1v) is 5.93. The first-order chi connectivity index (χ1) is 8.83. The van der Waals surface area contributed by atoms with E-state index in [0.29, 0.717) is 12.5 Å². The van der Waals surface area contributed by atoms with Crippen LogP contribution in [-0.2, 0) is 0 Å². The molecule has 2 N–H and O–H groups in total. The highest BCUT2D eigenvalue weighted by atomic mass is 16.6. The Bertz CT molecular complexity index is 464. The molecule has 0 amide bonds. The van der Waals surface area contributed by atoms with Crippen molar-refractivity contribution >= 4 is 17.5 Å². The van der Waals surface area contributed by atoms with E-state index in [4.69, 9.17) is 0 Å². The lowest BCUT2D eigenvalue weighted by Crippen LogP contribution is -2.45. The smallest absolute Gasteiger partial charge is 0.329 e. The summed E-state index contributed by atoms with van der Waals surface area (Å²) in [6.45, 7) is 5.88. The van der Waals surface area contributed by atoms with Crippen molar-refractivity contribution in [2.24, 2.45) is 0 Å². The maximum absolute atomic E-state index is 11.0. The summed E-state index contributed by atoms with van der Waals surface area (Å²) in [7, 11) is 1.65. The highest BCUT2D eigenvalue weighted by Crippen LogP contribution is 2.29. The van der Waals surface area contributed by atoms with Crippen LogP contribution in [0.4, 0.5) is 17.5 Å². The Hall–Kier alpha value is -1.96. The van der Waals surface area contributed by atoms with Crippen molar-refractivity contribution in [1.82, 2.24) is 9.97 Å². The summed E-state index contributed by atoms with van der Waals surface area (Å²) >= 11 is 0. The third-order valence-electron chi connectivity index (χ3n) is 2.89. The highest BCUT2D eigenvalue weighted by molar-refractivity contribution is 5.59. The summed E-state index contributed by atoms with van der Waals surface area (Å²) in [6.07, 6.45) is 1.17. The van der Waals surface area contributed by atoms with Gasteiger partial charge < -0.3 is 15.3 Å². The lowest BCUT2D eigenvalue weighted by molar-refractivity contribution is -0.384. The van der Waals surface area contributed by atoms with E-state index in [1.165, 1.54) is 6.20 Å². The van der Waals surface area contributed by atoms with Gasteiger partial charge in [0.1, 0.15) is 6.20 Å². The molecule has 0 aliphatic rings. The number of nitrogens with one attached hydrogen (secondary N) is 1. The van der Waals surface area contributed by atoms with Crippen LogP contribution in [-0.4, -0.2) is 45.7 Å². The molecule has 0 bridgehead atoms. The molecule has 1 rings (SSSR count). The monoisotopic (exact) mass is 269 g/mol. The van der Waals surface area contributed by atoms with Gasteiger partial charge in [0.15, 0.2) is 0 Å². The van der Waals surface area contributed by atoms with Crippen LogP contribution >= 0.6 is 0 Å². The van der Waals surface area contributed by atoms with Crippen molar-refractivity contribution in [2.45, 2.75) is 26.3 Å². The van der Waals surface area contributed by atoms with Crippen molar-refractivity contribution in [3.8, 4) is 0 Å². The zero-order valence-electron chi connectivity index (χ0n) is 11.5. The van der Waals surface area contributed by atoms with Crippen LogP contribution in [0.5, 0.6) is 0 Å². The van der Waals surface area contributed by atoms with Crippen LogP contribution in [0.1, 0.15) is 20.8 Å². The van der Waals surface area contributed by atoms with Crippen LogP contribution in [0, 0.1) is 10.1 Å². The zero-order chi connectivity index (χ0) is 14.6. The van der Waals surface area contributed by atoms with Gasteiger partial charge in [0, 0.05) is 13.6 Å². The number of aliphatic hydroxyl groups is 1. The Morgan fingerprint density at radius 2 is 2.21 bits per heavy atom. The van der Waals surface area contributed by atoms with Crippen LogP contribution in [0.15, 0.2) is 6.20 Å². The first-order valence-electron chi connectivity index (χ1n) is 5.93. The molecule has 0 saturated carbocycles. The normalized spacial score (nSPS) is 11.2. The SMILES string of the molecule is CCNc1ncc([N+](=O)[O-])c(N(C)C(C)(C)CO)n1. The largest absolute Gasteiger partial charge is 0.394 e. The van der Waals surface area contributed by atoms with Gasteiger partial charge in [0.2, 0.25) is 11.8 Å². The molecule has 0 atom stereocenters. The molecule has 0 unspecified atom stereocenters. The molecule has 8 nitrogen and oxygen atoms in total. The molecule has 0 fully saturated rings. The fourth-order valence-corrected chi connectivity index (χ4v) is 1.38. The van der Waals surface area contributed by atoms with Crippen molar-refractivity contribution < 1.29 is 10.0 Å². The third kappa shape index (κ3) is 3.28. The number of nitrogens with zero attached hydrogens (tertiary/aromatic N) is 4. The molecule has 0 aliphatic carbocycles. The topological polar surface area (TPSA) is 104 Å². The summed E-state index contributed by atoms with van der Waals surface area (Å²) in [5.74, 6) is 0.499. The molecule has 0 aliphatic heterocycles. The summed E-state index contributed by atoms with van der Waals surface area (Å²) in [4.78, 5) is 20.1. The Kier molecular flexibility index (Phi) is 4.60. The van der Waals surface area contributed by atoms with Gasteiger partial charge in [-0.25, -0.2) is 4.98 Å². The average Bonchev–Trinajstić information content (AvgIpc) is 2.37. The standard InChI is InChI=1S/C11H19N5O3/c1-5-12-10-13-6-8(16(18)19)9(14-10)15(4)11(2,3)7-17/h6,17H,5,7H2,1-4H3,(H,12,13,14). The molecule has 1 aromatic heterocycles. The zero-order valence-corrected chi connectivity index (χ0v) is 11.5. The molecular weight excluding hydrogens is 250 g/mol. The van der Waals surface area contributed by atoms with Crippen molar-refractivity contribution in [1.29, 1.82) is 0 Å². The number of hydrogen-bond acceptors (Lipinski definition) is 7. The van der Waals surface area contributed by atoms with E-state index in [1.54, 1.807) is 25.8 Å². The van der Waals surface area contributed by atoms with E-state index in [9.17, 15) is 15.2 Å². The Balaban J connectivity index is 3.28. The quantitative estimate of drug-likeness (QED) is 0.587. The molecule has 1 aromatic rings. The van der Waals surface area contributed by atoms with Crippen molar-refractivity contribution in [3.63, 3.8) is 0 Å². The predicted molar refractivity (Wildman–Crippen MR) is 72.4 cm³/mol. The number of nitro groups is 1. The second-order valence-corrected chi connectivity index (χ2v) is 4.72. The molecule has 1 heterocycles. The minimum Gasteiger partial charge on any atom is -0.394 e. The Labute approximate surface area is 111 Å². The molecule has 0 radical (unpaired) electrons. The highest BCUT2D eigenvalue weighted by Gasteiger charge is 2.30. The third-order valence-corrected chi connectivity index (χ3v) is 2.89. The predicted octanol–water partition coefficient (Wildman–Crippen LogP) is 1.02. The number of aromatic nitrogens is 2. The average molecular weight is 269 g/mol. The molecule has 106 valence electrons. The molecule has 19 heavy (non-hydrogen) atoms. The van der Waals surface area contributed by atoms with Crippen molar-refractivity contribution in [2.75, 3.05) is 30.4 Å². The van der Waals surface area contributed by atoms with E-state index < -0.39 is 10.5 Å². The van der Waals surface area contributed by atoms with Crippen LogP contribution in [0.3, 0.4) is 0 Å². The van der Waals surface area contributed by atoms with E-state index in [1.807, 2.05) is 6.92 Å². The lowest BCUT2D eigenvalue weighted by atomic mass is 10.1. The van der Waals surface area contributed by atoms with Crippen LogP contribution in [0.25, 0.3) is 0 Å². The fourth-order valence-electron chi connectivity index (χ4n) is 1.38. The van der Waals surface area contributed by atoms with E-state index in [2.05, 4.69) is 15.3 Å². The fraction of sp³-hybridized carbons (Fsp3) is 0.636. The molecule has 0 aromatic carbocycles. The lowest BCUT2D eigenvalue weighted by Gasteiger charge is -2.34. The number of anilines is 2. The van der Waals surface area contributed by atoms with Gasteiger partial charge in [0.05, 0.1) is 17.1 Å². The molecule has 0 saturated heterocycles. The number of aliphatic hydroxyl groups excluding tert-OH is 1. The maximum Gasteiger partial charge on any atom is 0.329 e. The summed E-state index contributed by atoms with van der Waals surface area (Å²) in [5, 5.41) is 23.3.